The summed E-state index contributed by atoms with van der Waals surface area (Å²) in [6.07, 6.45) is 4.52. The molecule has 0 spiro atoms. The van der Waals surface area contributed by atoms with E-state index in [0.29, 0.717) is 0 Å². The zero-order valence-corrected chi connectivity index (χ0v) is 9.31. The molecule has 0 amide bonds. The van der Waals surface area contributed by atoms with Crippen molar-refractivity contribution in [2.24, 2.45) is 0 Å². The molecule has 1 aliphatic heterocycles. The van der Waals surface area contributed by atoms with Crippen LogP contribution in [0.5, 0.6) is 0 Å². The molecule has 0 unspecified atom stereocenters. The molecule has 76 valence electrons. The summed E-state index contributed by atoms with van der Waals surface area (Å²) in [5, 5.41) is 0. The number of aromatic amines is 1. The third-order valence-electron chi connectivity index (χ3n) is 2.82. The summed E-state index contributed by atoms with van der Waals surface area (Å²) >= 11 is 1.98. The van der Waals surface area contributed by atoms with E-state index in [0.717, 1.165) is 0 Å². The second-order valence-corrected chi connectivity index (χ2v) is 5.00. The highest BCUT2D eigenvalue weighted by molar-refractivity contribution is 7.99. The smallest absolute Gasteiger partial charge is 0.0453 e. The van der Waals surface area contributed by atoms with Crippen LogP contribution in [-0.4, -0.2) is 10.7 Å². The Labute approximate surface area is 93.9 Å². The first-order valence-electron chi connectivity index (χ1n) is 5.33. The van der Waals surface area contributed by atoms with Gasteiger partial charge in [-0.3, -0.25) is 0 Å². The van der Waals surface area contributed by atoms with Crippen LogP contribution in [-0.2, 0) is 6.42 Å². The highest BCUT2D eigenvalue weighted by Crippen LogP contribution is 2.32. The van der Waals surface area contributed by atoms with Crippen molar-refractivity contribution in [3.05, 3.63) is 42.1 Å². The Bertz CT molecular complexity index is 459. The van der Waals surface area contributed by atoms with Gasteiger partial charge in [0.25, 0.3) is 0 Å². The molecule has 0 aliphatic carbocycles. The van der Waals surface area contributed by atoms with Crippen LogP contribution < -0.4 is 0 Å². The first-order valence-corrected chi connectivity index (χ1v) is 6.31. The van der Waals surface area contributed by atoms with Crippen molar-refractivity contribution < 1.29 is 0 Å². The molecule has 0 bridgehead atoms. The molecular weight excluding hydrogens is 202 g/mol. The van der Waals surface area contributed by atoms with Gasteiger partial charge in [-0.15, -0.1) is 11.8 Å². The standard InChI is InChI=1S/C13H13NS/c1-4-12(14-7-1)10-5-6-13-11(9-10)3-2-8-15-13/h1,4-7,9,14H,2-3,8H2. The van der Waals surface area contributed by atoms with Gasteiger partial charge in [-0.25, -0.2) is 0 Å². The fraction of sp³-hybridized carbons (Fsp3) is 0.231. The minimum Gasteiger partial charge on any atom is -0.361 e. The predicted molar refractivity (Wildman–Crippen MR) is 65.3 cm³/mol. The molecule has 1 nitrogen and oxygen atoms in total. The molecule has 2 heteroatoms. The summed E-state index contributed by atoms with van der Waals surface area (Å²) in [5.74, 6) is 1.27. The number of fused-ring (bicyclic) bond motifs is 1. The Morgan fingerprint density at radius 2 is 2.20 bits per heavy atom. The predicted octanol–water partition coefficient (Wildman–Crippen LogP) is 3.72. The molecule has 1 aromatic heterocycles. The Hall–Kier alpha value is -1.15. The van der Waals surface area contributed by atoms with E-state index < -0.39 is 0 Å². The van der Waals surface area contributed by atoms with Gasteiger partial charge in [-0.05, 0) is 54.0 Å². The fourth-order valence-corrected chi connectivity index (χ4v) is 3.06. The number of H-pyrrole nitrogens is 1. The molecule has 0 radical (unpaired) electrons. The van der Waals surface area contributed by atoms with Crippen LogP contribution in [0.4, 0.5) is 0 Å². The SMILES string of the molecule is c1c[nH]c(-c2ccc3c(c2)CCCS3)c1. The molecular formula is C13H13NS. The normalized spacial score (nSPS) is 14.9. The maximum Gasteiger partial charge on any atom is 0.0453 e. The summed E-state index contributed by atoms with van der Waals surface area (Å²) < 4.78 is 0. The molecule has 1 N–H and O–H groups in total. The number of hydrogen-bond acceptors (Lipinski definition) is 1. The van der Waals surface area contributed by atoms with Crippen molar-refractivity contribution >= 4 is 11.8 Å². The van der Waals surface area contributed by atoms with Crippen LogP contribution >= 0.6 is 11.8 Å². The Balaban J connectivity index is 2.04. The minimum atomic E-state index is 1.22. The highest BCUT2D eigenvalue weighted by atomic mass is 32.2. The van der Waals surface area contributed by atoms with Crippen molar-refractivity contribution in [3.63, 3.8) is 0 Å². The van der Waals surface area contributed by atoms with Gasteiger partial charge >= 0.3 is 0 Å². The first kappa shape index (κ1) is 9.10. The van der Waals surface area contributed by atoms with Crippen LogP contribution in [0.3, 0.4) is 0 Å². The van der Waals surface area contributed by atoms with E-state index in [-0.39, 0.29) is 0 Å². The number of hydrogen-bond donors (Lipinski definition) is 1. The molecule has 0 atom stereocenters. The highest BCUT2D eigenvalue weighted by Gasteiger charge is 2.10. The van der Waals surface area contributed by atoms with Gasteiger partial charge in [0, 0.05) is 16.8 Å². The maximum atomic E-state index is 3.25. The van der Waals surface area contributed by atoms with Crippen LogP contribution in [0, 0.1) is 0 Å². The van der Waals surface area contributed by atoms with Gasteiger partial charge in [-0.2, -0.15) is 0 Å². The lowest BCUT2D eigenvalue weighted by Gasteiger charge is -2.15. The molecule has 0 saturated carbocycles. The monoisotopic (exact) mass is 215 g/mol. The van der Waals surface area contributed by atoms with Crippen molar-refractivity contribution in [2.75, 3.05) is 5.75 Å². The Morgan fingerprint density at radius 3 is 3.07 bits per heavy atom. The summed E-state index contributed by atoms with van der Waals surface area (Å²) in [7, 11) is 0. The summed E-state index contributed by atoms with van der Waals surface area (Å²) in [6, 6.07) is 11.0. The van der Waals surface area contributed by atoms with Crippen LogP contribution in [0.1, 0.15) is 12.0 Å². The molecule has 2 heterocycles. The largest absolute Gasteiger partial charge is 0.361 e. The summed E-state index contributed by atoms with van der Waals surface area (Å²) in [6.45, 7) is 0. The zero-order chi connectivity index (χ0) is 10.1. The minimum absolute atomic E-state index is 1.22. The van der Waals surface area contributed by atoms with Crippen molar-refractivity contribution in [1.29, 1.82) is 0 Å². The maximum absolute atomic E-state index is 3.25. The van der Waals surface area contributed by atoms with Gasteiger partial charge in [-0.1, -0.05) is 6.07 Å². The second kappa shape index (κ2) is 3.78. The number of nitrogens with one attached hydrogen (secondary N) is 1. The zero-order valence-electron chi connectivity index (χ0n) is 8.49. The van der Waals surface area contributed by atoms with Gasteiger partial charge in [0.1, 0.15) is 0 Å². The van der Waals surface area contributed by atoms with Crippen LogP contribution in [0.25, 0.3) is 11.3 Å². The van der Waals surface area contributed by atoms with Gasteiger partial charge in [0.2, 0.25) is 0 Å². The van der Waals surface area contributed by atoms with E-state index >= 15 is 0 Å². The lowest BCUT2D eigenvalue weighted by atomic mass is 10.0. The van der Waals surface area contributed by atoms with Crippen molar-refractivity contribution in [2.45, 2.75) is 17.7 Å². The number of thioether (sulfide) groups is 1. The third kappa shape index (κ3) is 1.70. The van der Waals surface area contributed by atoms with E-state index in [1.807, 2.05) is 24.0 Å². The van der Waals surface area contributed by atoms with Gasteiger partial charge in [0.05, 0.1) is 0 Å². The van der Waals surface area contributed by atoms with Gasteiger partial charge < -0.3 is 4.98 Å². The second-order valence-electron chi connectivity index (χ2n) is 3.86. The molecule has 2 aromatic rings. The Morgan fingerprint density at radius 1 is 1.20 bits per heavy atom. The Kier molecular flexibility index (Phi) is 2.29. The van der Waals surface area contributed by atoms with E-state index in [9.17, 15) is 0 Å². The molecule has 3 rings (SSSR count). The van der Waals surface area contributed by atoms with E-state index in [1.54, 1.807) is 0 Å². The number of benzene rings is 1. The molecule has 0 fully saturated rings. The lowest BCUT2D eigenvalue weighted by molar-refractivity contribution is 0.890. The third-order valence-corrected chi connectivity index (χ3v) is 4.02. The van der Waals surface area contributed by atoms with Crippen molar-refractivity contribution in [3.8, 4) is 11.3 Å². The van der Waals surface area contributed by atoms with Gasteiger partial charge in [0.15, 0.2) is 0 Å². The van der Waals surface area contributed by atoms with E-state index in [1.165, 1.54) is 40.3 Å². The number of aryl methyl sites for hydroxylation is 1. The quantitative estimate of drug-likeness (QED) is 0.766. The van der Waals surface area contributed by atoms with Crippen molar-refractivity contribution in [1.82, 2.24) is 4.98 Å². The molecule has 0 saturated heterocycles. The molecule has 1 aromatic carbocycles. The average Bonchev–Trinajstić information content (AvgIpc) is 2.82. The van der Waals surface area contributed by atoms with E-state index in [4.69, 9.17) is 0 Å². The summed E-state index contributed by atoms with van der Waals surface area (Å²) in [4.78, 5) is 4.72. The summed E-state index contributed by atoms with van der Waals surface area (Å²) in [5.41, 5.74) is 4.04. The van der Waals surface area contributed by atoms with E-state index in [2.05, 4.69) is 29.2 Å². The van der Waals surface area contributed by atoms with Crippen LogP contribution in [0.15, 0.2) is 41.4 Å². The number of aromatic nitrogens is 1. The number of rotatable bonds is 1. The lowest BCUT2D eigenvalue weighted by Crippen LogP contribution is -1.98. The molecule has 15 heavy (non-hydrogen) atoms. The first-order chi connectivity index (χ1) is 7.43. The average molecular weight is 215 g/mol. The molecule has 1 aliphatic rings. The topological polar surface area (TPSA) is 15.8 Å². The fourth-order valence-electron chi connectivity index (χ4n) is 2.04. The van der Waals surface area contributed by atoms with Crippen LogP contribution in [0.2, 0.25) is 0 Å².